The zero-order chi connectivity index (χ0) is 16.3. The lowest BCUT2D eigenvalue weighted by Crippen LogP contribution is -2.29. The number of carbonyl (C=O) groups excluding carboxylic acids is 1. The number of nitrogens with zero attached hydrogens (tertiary/aromatic N) is 2. The minimum absolute atomic E-state index is 0.0376. The first-order valence-electron chi connectivity index (χ1n) is 7.46. The molecule has 22 heavy (non-hydrogen) atoms. The van der Waals surface area contributed by atoms with E-state index in [0.717, 1.165) is 22.6 Å². The summed E-state index contributed by atoms with van der Waals surface area (Å²) < 4.78 is 1.86. The lowest BCUT2D eigenvalue weighted by molar-refractivity contribution is -0.120. The van der Waals surface area contributed by atoms with Crippen LogP contribution < -0.4 is 5.32 Å². The van der Waals surface area contributed by atoms with Crippen LogP contribution >= 0.6 is 11.6 Å². The van der Waals surface area contributed by atoms with E-state index in [1.165, 1.54) is 0 Å². The van der Waals surface area contributed by atoms with Gasteiger partial charge in [0.25, 0.3) is 0 Å². The Morgan fingerprint density at radius 2 is 1.91 bits per heavy atom. The maximum atomic E-state index is 12.0. The fourth-order valence-electron chi connectivity index (χ4n) is 2.31. The zero-order valence-corrected chi connectivity index (χ0v) is 14.2. The van der Waals surface area contributed by atoms with Crippen LogP contribution in [0.2, 0.25) is 5.02 Å². The Kier molecular flexibility index (Phi) is 5.24. The van der Waals surface area contributed by atoms with Crippen molar-refractivity contribution in [2.75, 3.05) is 6.54 Å². The summed E-state index contributed by atoms with van der Waals surface area (Å²) >= 11 is 5.92. The molecular weight excluding hydrogens is 298 g/mol. The largest absolute Gasteiger partial charge is 0.356 e. The van der Waals surface area contributed by atoms with Crippen molar-refractivity contribution >= 4 is 17.5 Å². The molecule has 118 valence electrons. The standard InChI is InChI=1S/C17H22ClN3O/c1-11(2)10-19-17(22)9-16-12(3)20-21(13(16)4)15-7-5-14(18)6-8-15/h5-8,11H,9-10H2,1-4H3,(H,19,22). The Morgan fingerprint density at radius 1 is 1.27 bits per heavy atom. The van der Waals surface area contributed by atoms with E-state index in [1.807, 2.05) is 42.8 Å². The molecule has 0 fully saturated rings. The summed E-state index contributed by atoms with van der Waals surface area (Å²) in [6.07, 6.45) is 0.359. The van der Waals surface area contributed by atoms with Crippen LogP contribution in [0.25, 0.3) is 5.69 Å². The van der Waals surface area contributed by atoms with Gasteiger partial charge in [-0.1, -0.05) is 25.4 Å². The minimum Gasteiger partial charge on any atom is -0.356 e. The van der Waals surface area contributed by atoms with Crippen LogP contribution in [0.1, 0.15) is 30.8 Å². The molecule has 1 amide bonds. The van der Waals surface area contributed by atoms with Crippen molar-refractivity contribution in [1.82, 2.24) is 15.1 Å². The average molecular weight is 320 g/mol. The summed E-state index contributed by atoms with van der Waals surface area (Å²) in [5.41, 5.74) is 3.79. The van der Waals surface area contributed by atoms with Gasteiger partial charge in [-0.25, -0.2) is 4.68 Å². The first-order valence-corrected chi connectivity index (χ1v) is 7.84. The lowest BCUT2D eigenvalue weighted by atomic mass is 10.1. The van der Waals surface area contributed by atoms with Crippen LogP contribution in [-0.4, -0.2) is 22.2 Å². The van der Waals surface area contributed by atoms with Crippen LogP contribution in [0.4, 0.5) is 0 Å². The zero-order valence-electron chi connectivity index (χ0n) is 13.5. The van der Waals surface area contributed by atoms with E-state index in [9.17, 15) is 4.79 Å². The number of amides is 1. The highest BCUT2D eigenvalue weighted by Crippen LogP contribution is 2.20. The first-order chi connectivity index (χ1) is 10.4. The van der Waals surface area contributed by atoms with Gasteiger partial charge in [0.15, 0.2) is 0 Å². The molecule has 2 aromatic rings. The van der Waals surface area contributed by atoms with Crippen molar-refractivity contribution < 1.29 is 4.79 Å². The second-order valence-corrected chi connectivity index (χ2v) is 6.35. The predicted octanol–water partition coefficient (Wildman–Crippen LogP) is 3.46. The normalized spacial score (nSPS) is 11.0. The van der Waals surface area contributed by atoms with Gasteiger partial charge in [0.2, 0.25) is 5.91 Å². The van der Waals surface area contributed by atoms with E-state index in [-0.39, 0.29) is 5.91 Å². The average Bonchev–Trinajstić information content (AvgIpc) is 2.74. The van der Waals surface area contributed by atoms with Gasteiger partial charge < -0.3 is 5.32 Å². The monoisotopic (exact) mass is 319 g/mol. The first kappa shape index (κ1) is 16.6. The van der Waals surface area contributed by atoms with Crippen molar-refractivity contribution in [2.45, 2.75) is 34.1 Å². The Morgan fingerprint density at radius 3 is 2.50 bits per heavy atom. The van der Waals surface area contributed by atoms with Crippen molar-refractivity contribution in [2.24, 2.45) is 5.92 Å². The molecule has 4 nitrogen and oxygen atoms in total. The van der Waals surface area contributed by atoms with Gasteiger partial charge in [-0.3, -0.25) is 4.79 Å². The predicted molar refractivity (Wildman–Crippen MR) is 89.6 cm³/mol. The van der Waals surface area contributed by atoms with E-state index in [2.05, 4.69) is 24.3 Å². The minimum atomic E-state index is 0.0376. The third kappa shape index (κ3) is 3.89. The molecule has 0 atom stereocenters. The Balaban J connectivity index is 2.20. The highest BCUT2D eigenvalue weighted by atomic mass is 35.5. The van der Waals surface area contributed by atoms with Crippen LogP contribution in [0, 0.1) is 19.8 Å². The number of benzene rings is 1. The molecule has 0 bridgehead atoms. The number of aryl methyl sites for hydroxylation is 1. The van der Waals surface area contributed by atoms with Crippen LogP contribution in [0.3, 0.4) is 0 Å². The van der Waals surface area contributed by atoms with E-state index < -0.39 is 0 Å². The topological polar surface area (TPSA) is 46.9 Å². The second kappa shape index (κ2) is 6.97. The molecule has 0 unspecified atom stereocenters. The molecule has 0 saturated carbocycles. The molecule has 1 aromatic carbocycles. The summed E-state index contributed by atoms with van der Waals surface area (Å²) in [4.78, 5) is 12.0. The molecule has 5 heteroatoms. The Bertz CT molecular complexity index is 659. The summed E-state index contributed by atoms with van der Waals surface area (Å²) in [5, 5.41) is 8.19. The van der Waals surface area contributed by atoms with Gasteiger partial charge in [0.1, 0.15) is 0 Å². The van der Waals surface area contributed by atoms with Gasteiger partial charge in [0.05, 0.1) is 17.8 Å². The van der Waals surface area contributed by atoms with Crippen LogP contribution in [0.15, 0.2) is 24.3 Å². The van der Waals surface area contributed by atoms with Crippen molar-refractivity contribution in [3.8, 4) is 5.69 Å². The van der Waals surface area contributed by atoms with E-state index in [0.29, 0.717) is 23.9 Å². The number of nitrogens with one attached hydrogen (secondary N) is 1. The Labute approximate surface area is 136 Å². The molecule has 0 aliphatic carbocycles. The Hall–Kier alpha value is -1.81. The summed E-state index contributed by atoms with van der Waals surface area (Å²) in [6.45, 7) is 8.77. The lowest BCUT2D eigenvalue weighted by Gasteiger charge is -2.08. The van der Waals surface area contributed by atoms with Crippen molar-refractivity contribution in [3.63, 3.8) is 0 Å². The molecule has 0 aliphatic heterocycles. The van der Waals surface area contributed by atoms with Crippen molar-refractivity contribution in [3.05, 3.63) is 46.2 Å². The SMILES string of the molecule is Cc1nn(-c2ccc(Cl)cc2)c(C)c1CC(=O)NCC(C)C. The molecule has 0 radical (unpaired) electrons. The van der Waals surface area contributed by atoms with Gasteiger partial charge >= 0.3 is 0 Å². The summed E-state index contributed by atoms with van der Waals surface area (Å²) in [6, 6.07) is 7.51. The van der Waals surface area contributed by atoms with Crippen LogP contribution in [-0.2, 0) is 11.2 Å². The van der Waals surface area contributed by atoms with E-state index in [1.54, 1.807) is 0 Å². The van der Waals surface area contributed by atoms with Gasteiger partial charge in [-0.05, 0) is 44.0 Å². The van der Waals surface area contributed by atoms with Gasteiger partial charge in [0, 0.05) is 22.8 Å². The molecule has 1 aromatic heterocycles. The molecule has 1 N–H and O–H groups in total. The molecule has 0 saturated heterocycles. The summed E-state index contributed by atoms with van der Waals surface area (Å²) in [7, 11) is 0. The smallest absolute Gasteiger partial charge is 0.224 e. The number of rotatable bonds is 5. The molecular formula is C17H22ClN3O. The molecule has 1 heterocycles. The number of carbonyl (C=O) groups is 1. The molecule has 0 aliphatic rings. The van der Waals surface area contributed by atoms with Gasteiger partial charge in [-0.2, -0.15) is 5.10 Å². The quantitative estimate of drug-likeness (QED) is 0.917. The maximum Gasteiger partial charge on any atom is 0.224 e. The highest BCUT2D eigenvalue weighted by Gasteiger charge is 2.16. The summed E-state index contributed by atoms with van der Waals surface area (Å²) in [5.74, 6) is 0.485. The van der Waals surface area contributed by atoms with Crippen molar-refractivity contribution in [1.29, 1.82) is 0 Å². The van der Waals surface area contributed by atoms with E-state index in [4.69, 9.17) is 11.6 Å². The number of hydrogen-bond acceptors (Lipinski definition) is 2. The van der Waals surface area contributed by atoms with E-state index >= 15 is 0 Å². The fraction of sp³-hybridized carbons (Fsp3) is 0.412. The van der Waals surface area contributed by atoms with Crippen LogP contribution in [0.5, 0.6) is 0 Å². The highest BCUT2D eigenvalue weighted by molar-refractivity contribution is 6.30. The molecule has 2 rings (SSSR count). The number of aromatic nitrogens is 2. The van der Waals surface area contributed by atoms with Gasteiger partial charge in [-0.15, -0.1) is 0 Å². The third-order valence-corrected chi connectivity index (χ3v) is 3.81. The second-order valence-electron chi connectivity index (χ2n) is 5.91. The fourth-order valence-corrected chi connectivity index (χ4v) is 2.43. The third-order valence-electron chi connectivity index (χ3n) is 3.56. The maximum absolute atomic E-state index is 12.0. The number of hydrogen-bond donors (Lipinski definition) is 1. The molecule has 0 spiro atoms. The number of halogens is 1.